The van der Waals surface area contributed by atoms with Gasteiger partial charge in [-0.05, 0) is 17.7 Å². The number of amides is 1. The molecular formula is C17H25NO8. The van der Waals surface area contributed by atoms with Crippen molar-refractivity contribution < 1.29 is 39.1 Å². The van der Waals surface area contributed by atoms with Crippen LogP contribution >= 0.6 is 0 Å². The maximum Gasteiger partial charge on any atom is 0.217 e. The van der Waals surface area contributed by atoms with Gasteiger partial charge in [-0.25, -0.2) is 0 Å². The minimum absolute atomic E-state index is 0.0854. The van der Waals surface area contributed by atoms with Crippen LogP contribution in [0.2, 0.25) is 0 Å². The fourth-order valence-electron chi connectivity index (χ4n) is 2.76. The predicted molar refractivity (Wildman–Crippen MR) is 89.7 cm³/mol. The lowest BCUT2D eigenvalue weighted by molar-refractivity contribution is -0.273. The summed E-state index contributed by atoms with van der Waals surface area (Å²) in [5.74, 6) is 0.687. The Morgan fingerprint density at radius 1 is 1.19 bits per heavy atom. The number of methoxy groups -OCH3 is 2. The fourth-order valence-corrected chi connectivity index (χ4v) is 2.76. The number of carbonyl (C=O) groups excluding carboxylic acids is 1. The molecule has 0 saturated carbocycles. The van der Waals surface area contributed by atoms with E-state index < -0.39 is 43.2 Å². The van der Waals surface area contributed by atoms with Crippen LogP contribution in [0, 0.1) is 0 Å². The van der Waals surface area contributed by atoms with Gasteiger partial charge in [-0.2, -0.15) is 0 Å². The van der Waals surface area contributed by atoms with Crippen LogP contribution in [0.1, 0.15) is 12.5 Å². The minimum atomic E-state index is -1.35. The average molecular weight is 371 g/mol. The highest BCUT2D eigenvalue weighted by atomic mass is 16.7. The van der Waals surface area contributed by atoms with Gasteiger partial charge >= 0.3 is 0 Å². The van der Waals surface area contributed by atoms with Gasteiger partial charge in [-0.1, -0.05) is 6.07 Å². The third kappa shape index (κ3) is 4.63. The number of ether oxygens (including phenoxy) is 4. The molecule has 146 valence electrons. The first kappa shape index (κ1) is 20.4. The number of aliphatic hydroxyl groups excluding tert-OH is 3. The van der Waals surface area contributed by atoms with Crippen molar-refractivity contribution in [2.45, 2.75) is 44.2 Å². The van der Waals surface area contributed by atoms with Crippen LogP contribution in [-0.4, -0.2) is 72.7 Å². The van der Waals surface area contributed by atoms with E-state index in [0.29, 0.717) is 11.5 Å². The number of benzene rings is 1. The number of rotatable bonds is 7. The normalized spacial score (nSPS) is 28.5. The van der Waals surface area contributed by atoms with Gasteiger partial charge in [0.1, 0.15) is 24.4 Å². The Bertz CT molecular complexity index is 610. The maximum absolute atomic E-state index is 11.4. The molecule has 4 N–H and O–H groups in total. The van der Waals surface area contributed by atoms with Crippen molar-refractivity contribution in [3.05, 3.63) is 23.8 Å². The Kier molecular flexibility index (Phi) is 7.18. The Balaban J connectivity index is 2.12. The van der Waals surface area contributed by atoms with Gasteiger partial charge in [-0.15, -0.1) is 0 Å². The summed E-state index contributed by atoms with van der Waals surface area (Å²) in [6.45, 7) is 0.867. The largest absolute Gasteiger partial charge is 0.493 e. The van der Waals surface area contributed by atoms with Crippen molar-refractivity contribution in [2.24, 2.45) is 0 Å². The Morgan fingerprint density at radius 3 is 2.46 bits per heavy atom. The Labute approximate surface area is 151 Å². The predicted octanol–water partition coefficient (Wildman–Crippen LogP) is -0.836. The average Bonchev–Trinajstić information content (AvgIpc) is 2.64. The van der Waals surface area contributed by atoms with Crippen LogP contribution in [0.25, 0.3) is 0 Å². The molecule has 0 spiro atoms. The van der Waals surface area contributed by atoms with E-state index in [1.165, 1.54) is 21.1 Å². The van der Waals surface area contributed by atoms with Gasteiger partial charge in [0.2, 0.25) is 5.91 Å². The highest BCUT2D eigenvalue weighted by Crippen LogP contribution is 2.29. The summed E-state index contributed by atoms with van der Waals surface area (Å²) in [5, 5.41) is 32.0. The van der Waals surface area contributed by atoms with Crippen molar-refractivity contribution >= 4 is 5.91 Å². The summed E-state index contributed by atoms with van der Waals surface area (Å²) in [6.07, 6.45) is -4.77. The lowest BCUT2D eigenvalue weighted by Crippen LogP contribution is -2.64. The molecule has 0 aromatic heterocycles. The van der Waals surface area contributed by atoms with Crippen LogP contribution in [0.15, 0.2) is 18.2 Å². The van der Waals surface area contributed by atoms with Crippen molar-refractivity contribution in [1.82, 2.24) is 5.32 Å². The Hall–Kier alpha value is -1.91. The van der Waals surface area contributed by atoms with E-state index in [0.717, 1.165) is 5.56 Å². The van der Waals surface area contributed by atoms with Crippen molar-refractivity contribution in [1.29, 1.82) is 0 Å². The summed E-state index contributed by atoms with van der Waals surface area (Å²) in [6, 6.07) is 4.24. The molecule has 1 aliphatic rings. The first-order valence-electron chi connectivity index (χ1n) is 8.13. The van der Waals surface area contributed by atoms with Crippen LogP contribution < -0.4 is 14.8 Å². The zero-order valence-electron chi connectivity index (χ0n) is 14.9. The molecule has 9 heteroatoms. The number of carbonyl (C=O) groups is 1. The van der Waals surface area contributed by atoms with Gasteiger partial charge in [0.15, 0.2) is 17.8 Å². The molecule has 1 amide bonds. The Morgan fingerprint density at radius 2 is 1.88 bits per heavy atom. The highest BCUT2D eigenvalue weighted by molar-refractivity contribution is 5.73. The summed E-state index contributed by atoms with van der Waals surface area (Å²) < 4.78 is 21.6. The molecule has 1 aromatic rings. The first-order valence-corrected chi connectivity index (χ1v) is 8.13. The molecule has 0 bridgehead atoms. The van der Waals surface area contributed by atoms with E-state index in [1.54, 1.807) is 18.2 Å². The monoisotopic (exact) mass is 371 g/mol. The minimum Gasteiger partial charge on any atom is -0.493 e. The molecule has 9 nitrogen and oxygen atoms in total. The van der Waals surface area contributed by atoms with Crippen LogP contribution in [0.4, 0.5) is 0 Å². The fraction of sp³-hybridized carbons (Fsp3) is 0.588. The molecule has 0 aliphatic carbocycles. The van der Waals surface area contributed by atoms with Crippen LogP contribution in [0.5, 0.6) is 11.5 Å². The van der Waals surface area contributed by atoms with Crippen molar-refractivity contribution in [3.63, 3.8) is 0 Å². The molecule has 0 radical (unpaired) electrons. The summed E-state index contributed by atoms with van der Waals surface area (Å²) in [5.41, 5.74) is 0.744. The van der Waals surface area contributed by atoms with Gasteiger partial charge in [0, 0.05) is 6.92 Å². The zero-order chi connectivity index (χ0) is 19.3. The highest BCUT2D eigenvalue weighted by Gasteiger charge is 2.45. The standard InChI is InChI=1S/C17H25NO8/c1-9(20)18-14-16(22)15(21)13(7-19)26-17(14)25-8-10-4-5-11(23-2)12(6-10)24-3/h4-6,13-17,19,21-22H,7-8H2,1-3H3,(H,18,20)/t13-,14+,15+,16-,17-/m0/s1. The van der Waals surface area contributed by atoms with E-state index in [4.69, 9.17) is 18.9 Å². The molecule has 0 unspecified atom stereocenters. The first-order chi connectivity index (χ1) is 12.4. The summed E-state index contributed by atoms with van der Waals surface area (Å²) in [4.78, 5) is 11.4. The lowest BCUT2D eigenvalue weighted by Gasteiger charge is -2.42. The van der Waals surface area contributed by atoms with E-state index in [-0.39, 0.29) is 6.61 Å². The van der Waals surface area contributed by atoms with E-state index in [1.807, 2.05) is 0 Å². The molecule has 26 heavy (non-hydrogen) atoms. The molecule has 1 saturated heterocycles. The van der Waals surface area contributed by atoms with Gasteiger partial charge < -0.3 is 39.6 Å². The van der Waals surface area contributed by atoms with Gasteiger partial charge in [-0.3, -0.25) is 4.79 Å². The van der Waals surface area contributed by atoms with Crippen LogP contribution in [-0.2, 0) is 20.9 Å². The number of nitrogens with one attached hydrogen (secondary N) is 1. The van der Waals surface area contributed by atoms with Crippen molar-refractivity contribution in [2.75, 3.05) is 20.8 Å². The second-order valence-electron chi connectivity index (χ2n) is 5.93. The molecule has 1 fully saturated rings. The topological polar surface area (TPSA) is 127 Å². The lowest BCUT2D eigenvalue weighted by atomic mass is 9.97. The van der Waals surface area contributed by atoms with Gasteiger partial charge in [0.05, 0.1) is 27.4 Å². The third-order valence-corrected chi connectivity index (χ3v) is 4.11. The third-order valence-electron chi connectivity index (χ3n) is 4.11. The summed E-state index contributed by atoms with van der Waals surface area (Å²) >= 11 is 0. The van der Waals surface area contributed by atoms with E-state index >= 15 is 0 Å². The van der Waals surface area contributed by atoms with Crippen LogP contribution in [0.3, 0.4) is 0 Å². The molecule has 1 aliphatic heterocycles. The number of hydrogen-bond donors (Lipinski definition) is 4. The second kappa shape index (κ2) is 9.15. The SMILES string of the molecule is COc1ccc(CO[C@H]2O[C@@H](CO)[C@@H](O)[C@@H](O)[C@H]2NC(C)=O)cc1OC. The van der Waals surface area contributed by atoms with Gasteiger partial charge in [0.25, 0.3) is 0 Å². The number of aliphatic hydroxyl groups is 3. The zero-order valence-corrected chi connectivity index (χ0v) is 14.9. The molecule has 2 rings (SSSR count). The van der Waals surface area contributed by atoms with Crippen molar-refractivity contribution in [3.8, 4) is 11.5 Å². The molecular weight excluding hydrogens is 346 g/mol. The quantitative estimate of drug-likeness (QED) is 0.489. The molecule has 1 aromatic carbocycles. The summed E-state index contributed by atoms with van der Waals surface area (Å²) in [7, 11) is 3.05. The smallest absolute Gasteiger partial charge is 0.217 e. The molecule has 5 atom stereocenters. The molecule has 1 heterocycles. The van der Waals surface area contributed by atoms with E-state index in [9.17, 15) is 20.1 Å². The maximum atomic E-state index is 11.4. The number of hydrogen-bond acceptors (Lipinski definition) is 8. The second-order valence-corrected chi connectivity index (χ2v) is 5.93. The van der Waals surface area contributed by atoms with E-state index in [2.05, 4.69) is 5.32 Å².